The highest BCUT2D eigenvalue weighted by molar-refractivity contribution is 7.99. The predicted molar refractivity (Wildman–Crippen MR) is 91.0 cm³/mol. The Balaban J connectivity index is 2.11. The van der Waals surface area contributed by atoms with E-state index >= 15 is 0 Å². The molecular formula is C15H15FN4O4S. The maximum Gasteiger partial charge on any atom is 0.316 e. The van der Waals surface area contributed by atoms with Crippen LogP contribution in [0.1, 0.15) is 17.3 Å². The number of nitrogens with two attached hydrogens (primary N) is 1. The van der Waals surface area contributed by atoms with Crippen molar-refractivity contribution >= 4 is 35.1 Å². The lowest BCUT2D eigenvalue weighted by Gasteiger charge is -2.08. The fraction of sp³-hybridized carbons (Fsp3) is 0.200. The van der Waals surface area contributed by atoms with E-state index in [0.29, 0.717) is 0 Å². The second kappa shape index (κ2) is 8.29. The number of aromatic amines is 1. The minimum absolute atomic E-state index is 0.0441. The minimum atomic E-state index is -0.672. The van der Waals surface area contributed by atoms with Crippen LogP contribution in [0.15, 0.2) is 34.2 Å². The first-order valence-electron chi connectivity index (χ1n) is 7.15. The first-order chi connectivity index (χ1) is 11.9. The molecule has 1 amide bonds. The van der Waals surface area contributed by atoms with Crippen molar-refractivity contribution in [3.05, 3.63) is 46.0 Å². The topological polar surface area (TPSA) is 127 Å². The molecule has 2 aromatic rings. The van der Waals surface area contributed by atoms with Gasteiger partial charge in [-0.1, -0.05) is 11.8 Å². The molecule has 0 aliphatic carbocycles. The summed E-state index contributed by atoms with van der Waals surface area (Å²) < 4.78 is 17.6. The number of H-pyrrole nitrogens is 1. The second-order valence-corrected chi connectivity index (χ2v) is 5.65. The normalized spacial score (nSPS) is 10.3. The number of nitrogens with zero attached hydrogens (tertiary/aromatic N) is 1. The Morgan fingerprint density at radius 3 is 2.64 bits per heavy atom. The molecule has 0 unspecified atom stereocenters. The third-order valence-corrected chi connectivity index (χ3v) is 3.75. The Kier molecular flexibility index (Phi) is 6.12. The molecule has 0 saturated heterocycles. The zero-order chi connectivity index (χ0) is 18.4. The summed E-state index contributed by atoms with van der Waals surface area (Å²) in [7, 11) is 0. The summed E-state index contributed by atoms with van der Waals surface area (Å²) in [5, 5.41) is 2.45. The third-order valence-electron chi connectivity index (χ3n) is 2.90. The van der Waals surface area contributed by atoms with Gasteiger partial charge in [0.05, 0.1) is 12.4 Å². The number of hydrogen-bond donors (Lipinski definition) is 3. The van der Waals surface area contributed by atoms with Gasteiger partial charge in [-0.25, -0.2) is 9.37 Å². The molecule has 4 N–H and O–H groups in total. The van der Waals surface area contributed by atoms with Crippen LogP contribution in [0.3, 0.4) is 0 Å². The maximum atomic E-state index is 12.9. The molecule has 1 aromatic carbocycles. The Bertz CT molecular complexity index is 838. The summed E-state index contributed by atoms with van der Waals surface area (Å²) in [6.07, 6.45) is 0. The van der Waals surface area contributed by atoms with Crippen LogP contribution >= 0.6 is 11.8 Å². The fourth-order valence-corrected chi connectivity index (χ4v) is 2.44. The van der Waals surface area contributed by atoms with E-state index in [1.807, 2.05) is 0 Å². The molecule has 0 spiro atoms. The maximum absolute atomic E-state index is 12.9. The molecule has 0 aliphatic heterocycles. The zero-order valence-corrected chi connectivity index (χ0v) is 14.0. The summed E-state index contributed by atoms with van der Waals surface area (Å²) in [5.74, 6) is -1.82. The number of halogens is 1. The number of aromatic nitrogens is 2. The molecule has 132 valence electrons. The zero-order valence-electron chi connectivity index (χ0n) is 13.2. The number of ether oxygens (including phenoxy) is 1. The third kappa shape index (κ3) is 5.05. The summed E-state index contributed by atoms with van der Waals surface area (Å²) in [5.41, 5.74) is 4.96. The summed E-state index contributed by atoms with van der Waals surface area (Å²) >= 11 is 0.947. The molecule has 10 heteroatoms. The van der Waals surface area contributed by atoms with Gasteiger partial charge in [0.15, 0.2) is 11.0 Å². The van der Waals surface area contributed by atoms with Crippen LogP contribution < -0.4 is 16.6 Å². The first-order valence-corrected chi connectivity index (χ1v) is 8.14. The van der Waals surface area contributed by atoms with Crippen LogP contribution in [0.5, 0.6) is 0 Å². The van der Waals surface area contributed by atoms with Gasteiger partial charge in [-0.15, -0.1) is 0 Å². The molecule has 0 atom stereocenters. The SMILES string of the molecule is CCOC(=O)CSc1nc(N)c(NC(=O)c2ccc(F)cc2)c(=O)[nH]1. The number of anilines is 2. The Labute approximate surface area is 146 Å². The van der Waals surface area contributed by atoms with Gasteiger partial charge >= 0.3 is 5.97 Å². The van der Waals surface area contributed by atoms with Gasteiger partial charge in [0.25, 0.3) is 11.5 Å². The van der Waals surface area contributed by atoms with Gasteiger partial charge < -0.3 is 15.8 Å². The average molecular weight is 366 g/mol. The molecule has 25 heavy (non-hydrogen) atoms. The smallest absolute Gasteiger partial charge is 0.316 e. The first kappa shape index (κ1) is 18.5. The van der Waals surface area contributed by atoms with Crippen molar-refractivity contribution < 1.29 is 18.7 Å². The standard InChI is InChI=1S/C15H15FN4O4S/c1-2-24-10(21)7-25-15-19-12(17)11(14(23)20-15)18-13(22)8-3-5-9(16)6-4-8/h3-6H,2,7H2,1H3,(H,18,22)(H3,17,19,20,23). The molecule has 1 heterocycles. The molecule has 0 radical (unpaired) electrons. The van der Waals surface area contributed by atoms with Crippen LogP contribution in [0.2, 0.25) is 0 Å². The molecule has 8 nitrogen and oxygen atoms in total. The highest BCUT2D eigenvalue weighted by atomic mass is 32.2. The molecule has 0 saturated carbocycles. The van der Waals surface area contributed by atoms with E-state index in [4.69, 9.17) is 10.5 Å². The van der Waals surface area contributed by atoms with E-state index in [1.165, 1.54) is 12.1 Å². The lowest BCUT2D eigenvalue weighted by Crippen LogP contribution is -2.23. The van der Waals surface area contributed by atoms with E-state index in [2.05, 4.69) is 15.3 Å². The van der Waals surface area contributed by atoms with Crippen molar-refractivity contribution in [2.24, 2.45) is 0 Å². The number of benzene rings is 1. The Morgan fingerprint density at radius 1 is 1.36 bits per heavy atom. The highest BCUT2D eigenvalue weighted by Gasteiger charge is 2.15. The highest BCUT2D eigenvalue weighted by Crippen LogP contribution is 2.17. The second-order valence-electron chi connectivity index (χ2n) is 4.69. The van der Waals surface area contributed by atoms with Gasteiger partial charge in [0.1, 0.15) is 11.5 Å². The van der Waals surface area contributed by atoms with Gasteiger partial charge in [-0.05, 0) is 31.2 Å². The average Bonchev–Trinajstić information content (AvgIpc) is 2.57. The van der Waals surface area contributed by atoms with Gasteiger partial charge in [-0.2, -0.15) is 0 Å². The Morgan fingerprint density at radius 2 is 2.04 bits per heavy atom. The number of carbonyl (C=O) groups excluding carboxylic acids is 2. The van der Waals surface area contributed by atoms with Crippen molar-refractivity contribution in [1.82, 2.24) is 9.97 Å². The van der Waals surface area contributed by atoms with E-state index in [-0.39, 0.29) is 34.6 Å². The van der Waals surface area contributed by atoms with Crippen molar-refractivity contribution in [3.63, 3.8) is 0 Å². The predicted octanol–water partition coefficient (Wildman–Crippen LogP) is 1.40. The summed E-state index contributed by atoms with van der Waals surface area (Å²) in [6.45, 7) is 1.93. The van der Waals surface area contributed by atoms with Crippen molar-refractivity contribution in [2.45, 2.75) is 12.1 Å². The van der Waals surface area contributed by atoms with Gasteiger partial charge in [0, 0.05) is 5.56 Å². The van der Waals surface area contributed by atoms with Crippen LogP contribution in [0.25, 0.3) is 0 Å². The van der Waals surface area contributed by atoms with E-state index in [9.17, 15) is 18.8 Å². The molecule has 2 rings (SSSR count). The number of hydrogen-bond acceptors (Lipinski definition) is 7. The van der Waals surface area contributed by atoms with Gasteiger partial charge in [-0.3, -0.25) is 19.4 Å². The quantitative estimate of drug-likeness (QED) is 0.400. The number of esters is 1. The summed E-state index contributed by atoms with van der Waals surface area (Å²) in [4.78, 5) is 41.8. The van der Waals surface area contributed by atoms with Crippen LogP contribution in [-0.4, -0.2) is 34.2 Å². The number of thioether (sulfide) groups is 1. The molecule has 0 fully saturated rings. The lowest BCUT2D eigenvalue weighted by atomic mass is 10.2. The van der Waals surface area contributed by atoms with Crippen LogP contribution in [-0.2, 0) is 9.53 Å². The number of carbonyl (C=O) groups is 2. The number of amides is 1. The van der Waals surface area contributed by atoms with Crippen LogP contribution in [0.4, 0.5) is 15.9 Å². The number of nitrogen functional groups attached to an aromatic ring is 1. The monoisotopic (exact) mass is 366 g/mol. The Hall–Kier alpha value is -2.88. The van der Waals surface area contributed by atoms with Crippen molar-refractivity contribution in [3.8, 4) is 0 Å². The largest absolute Gasteiger partial charge is 0.465 e. The molecule has 1 aromatic heterocycles. The van der Waals surface area contributed by atoms with E-state index < -0.39 is 23.3 Å². The molecular weight excluding hydrogens is 351 g/mol. The minimum Gasteiger partial charge on any atom is -0.465 e. The van der Waals surface area contributed by atoms with Crippen molar-refractivity contribution in [2.75, 3.05) is 23.4 Å². The van der Waals surface area contributed by atoms with Gasteiger partial charge in [0.2, 0.25) is 0 Å². The van der Waals surface area contributed by atoms with Crippen molar-refractivity contribution in [1.29, 1.82) is 0 Å². The number of rotatable bonds is 6. The fourth-order valence-electron chi connectivity index (χ4n) is 1.78. The summed E-state index contributed by atoms with van der Waals surface area (Å²) in [6, 6.07) is 4.78. The molecule has 0 aliphatic rings. The van der Waals surface area contributed by atoms with Crippen LogP contribution in [0, 0.1) is 5.82 Å². The van der Waals surface area contributed by atoms with E-state index in [0.717, 1.165) is 23.9 Å². The number of nitrogens with one attached hydrogen (secondary N) is 2. The molecule has 0 bridgehead atoms. The lowest BCUT2D eigenvalue weighted by molar-refractivity contribution is -0.139. The van der Waals surface area contributed by atoms with E-state index in [1.54, 1.807) is 6.92 Å².